The van der Waals surface area contributed by atoms with Crippen LogP contribution in [-0.2, 0) is 13.0 Å². The van der Waals surface area contributed by atoms with Crippen LogP contribution in [0.2, 0.25) is 0 Å². The van der Waals surface area contributed by atoms with Crippen molar-refractivity contribution < 1.29 is 4.79 Å². The van der Waals surface area contributed by atoms with Gasteiger partial charge >= 0.3 is 0 Å². The lowest BCUT2D eigenvalue weighted by molar-refractivity contribution is 0.0735. The summed E-state index contributed by atoms with van der Waals surface area (Å²) in [7, 11) is 0. The molecule has 0 unspecified atom stereocenters. The predicted octanol–water partition coefficient (Wildman–Crippen LogP) is 3.00. The summed E-state index contributed by atoms with van der Waals surface area (Å²) in [6, 6.07) is 15.4. The van der Waals surface area contributed by atoms with Crippen molar-refractivity contribution in [3.05, 3.63) is 70.9 Å². The largest absolute Gasteiger partial charge is 0.389 e. The maximum Gasteiger partial charge on any atom is 0.254 e. The summed E-state index contributed by atoms with van der Waals surface area (Å²) >= 11 is 4.95. The summed E-state index contributed by atoms with van der Waals surface area (Å²) in [6.45, 7) is 1.35. The van der Waals surface area contributed by atoms with E-state index >= 15 is 0 Å². The summed E-state index contributed by atoms with van der Waals surface area (Å²) in [5.74, 6) is 0.0421. The van der Waals surface area contributed by atoms with Crippen LogP contribution in [0.4, 0.5) is 0 Å². The molecular formula is C19H17N3OS. The highest BCUT2D eigenvalue weighted by Crippen LogP contribution is 2.28. The number of hydrogen-bond acceptors (Lipinski definition) is 2. The van der Waals surface area contributed by atoms with Crippen LogP contribution in [0.25, 0.3) is 10.9 Å². The van der Waals surface area contributed by atoms with E-state index in [9.17, 15) is 4.79 Å². The molecule has 0 atom stereocenters. The molecule has 0 bridgehead atoms. The molecule has 1 aliphatic rings. The van der Waals surface area contributed by atoms with Crippen LogP contribution < -0.4 is 5.73 Å². The van der Waals surface area contributed by atoms with Crippen LogP contribution in [0.15, 0.2) is 48.5 Å². The van der Waals surface area contributed by atoms with Gasteiger partial charge in [-0.05, 0) is 18.2 Å². The Labute approximate surface area is 145 Å². The number of benzene rings is 2. The van der Waals surface area contributed by atoms with E-state index in [1.54, 1.807) is 24.3 Å². The zero-order valence-corrected chi connectivity index (χ0v) is 13.9. The number of aromatic amines is 1. The van der Waals surface area contributed by atoms with Gasteiger partial charge < -0.3 is 15.6 Å². The van der Waals surface area contributed by atoms with E-state index in [-0.39, 0.29) is 5.91 Å². The minimum atomic E-state index is 0.0421. The molecule has 1 aliphatic heterocycles. The number of H-pyrrole nitrogens is 1. The minimum Gasteiger partial charge on any atom is -0.389 e. The van der Waals surface area contributed by atoms with Gasteiger partial charge in [0.1, 0.15) is 4.99 Å². The highest BCUT2D eigenvalue weighted by Gasteiger charge is 2.24. The monoisotopic (exact) mass is 335 g/mol. The van der Waals surface area contributed by atoms with Crippen molar-refractivity contribution in [3.8, 4) is 0 Å². The molecule has 0 saturated carbocycles. The van der Waals surface area contributed by atoms with Crippen molar-refractivity contribution in [1.29, 1.82) is 0 Å². The number of para-hydroxylation sites is 1. The molecule has 0 radical (unpaired) electrons. The number of carbonyl (C=O) groups is 1. The number of carbonyl (C=O) groups excluding carboxylic acids is 1. The van der Waals surface area contributed by atoms with Crippen LogP contribution >= 0.6 is 12.2 Å². The Bertz CT molecular complexity index is 943. The van der Waals surface area contributed by atoms with Gasteiger partial charge in [0.05, 0.1) is 0 Å². The summed E-state index contributed by atoms with van der Waals surface area (Å²) in [6.07, 6.45) is 0.848. The third kappa shape index (κ3) is 2.47. The van der Waals surface area contributed by atoms with Crippen LogP contribution in [0.3, 0.4) is 0 Å². The average molecular weight is 335 g/mol. The SMILES string of the molecule is NC(=S)c1ccc(C(=O)N2CCc3[nH]c4ccccc4c3C2)cc1. The van der Waals surface area contributed by atoms with E-state index in [2.05, 4.69) is 17.1 Å². The molecule has 2 aromatic carbocycles. The lowest BCUT2D eigenvalue weighted by Gasteiger charge is -2.27. The highest BCUT2D eigenvalue weighted by atomic mass is 32.1. The molecule has 0 saturated heterocycles. The van der Waals surface area contributed by atoms with Crippen LogP contribution in [0.1, 0.15) is 27.2 Å². The van der Waals surface area contributed by atoms with Crippen LogP contribution in [0.5, 0.6) is 0 Å². The molecule has 1 amide bonds. The first kappa shape index (κ1) is 14.9. The maximum atomic E-state index is 12.8. The second kappa shape index (κ2) is 5.76. The molecule has 5 heteroatoms. The van der Waals surface area contributed by atoms with E-state index in [0.29, 0.717) is 17.1 Å². The van der Waals surface area contributed by atoms with Crippen LogP contribution in [-0.4, -0.2) is 27.3 Å². The molecule has 4 rings (SSSR count). The maximum absolute atomic E-state index is 12.8. The first-order valence-electron chi connectivity index (χ1n) is 7.91. The molecule has 120 valence electrons. The van der Waals surface area contributed by atoms with Crippen molar-refractivity contribution in [2.45, 2.75) is 13.0 Å². The van der Waals surface area contributed by atoms with E-state index in [4.69, 9.17) is 18.0 Å². The first-order valence-corrected chi connectivity index (χ1v) is 8.32. The van der Waals surface area contributed by atoms with Crippen molar-refractivity contribution in [1.82, 2.24) is 9.88 Å². The summed E-state index contributed by atoms with van der Waals surface area (Å²) < 4.78 is 0. The van der Waals surface area contributed by atoms with E-state index in [0.717, 1.165) is 24.0 Å². The number of rotatable bonds is 2. The third-order valence-corrected chi connectivity index (χ3v) is 4.82. The molecule has 24 heavy (non-hydrogen) atoms. The molecule has 3 N–H and O–H groups in total. The third-order valence-electron chi connectivity index (χ3n) is 4.59. The molecule has 0 fully saturated rings. The second-order valence-electron chi connectivity index (χ2n) is 6.05. The van der Waals surface area contributed by atoms with Gasteiger partial charge in [0.15, 0.2) is 0 Å². The predicted molar refractivity (Wildman–Crippen MR) is 99.1 cm³/mol. The van der Waals surface area contributed by atoms with Crippen molar-refractivity contribution >= 4 is 34.0 Å². The normalized spacial score (nSPS) is 13.8. The Morgan fingerprint density at radius 3 is 2.54 bits per heavy atom. The summed E-state index contributed by atoms with van der Waals surface area (Å²) in [5.41, 5.74) is 10.7. The molecule has 0 spiro atoms. The Morgan fingerprint density at radius 1 is 1.08 bits per heavy atom. The average Bonchev–Trinajstić information content (AvgIpc) is 2.99. The Morgan fingerprint density at radius 2 is 1.79 bits per heavy atom. The molecule has 4 nitrogen and oxygen atoms in total. The van der Waals surface area contributed by atoms with Gasteiger partial charge in [-0.3, -0.25) is 4.79 Å². The number of fused-ring (bicyclic) bond motifs is 3. The van der Waals surface area contributed by atoms with Gasteiger partial charge in [-0.15, -0.1) is 0 Å². The molecule has 2 heterocycles. The molecule has 1 aromatic heterocycles. The van der Waals surface area contributed by atoms with Crippen molar-refractivity contribution in [2.75, 3.05) is 6.54 Å². The zero-order valence-electron chi connectivity index (χ0n) is 13.1. The second-order valence-corrected chi connectivity index (χ2v) is 6.49. The van der Waals surface area contributed by atoms with E-state index in [1.807, 2.05) is 17.0 Å². The number of nitrogens with one attached hydrogen (secondary N) is 1. The molecule has 3 aromatic rings. The number of nitrogens with zero attached hydrogens (tertiary/aromatic N) is 1. The number of thiocarbonyl (C=S) groups is 1. The number of amides is 1. The lowest BCUT2D eigenvalue weighted by Crippen LogP contribution is -2.35. The van der Waals surface area contributed by atoms with E-state index < -0.39 is 0 Å². The number of aromatic nitrogens is 1. The van der Waals surface area contributed by atoms with E-state index in [1.165, 1.54) is 16.6 Å². The number of hydrogen-bond donors (Lipinski definition) is 2. The minimum absolute atomic E-state index is 0.0421. The topological polar surface area (TPSA) is 62.1 Å². The fourth-order valence-electron chi connectivity index (χ4n) is 3.30. The van der Waals surface area contributed by atoms with Crippen molar-refractivity contribution in [2.24, 2.45) is 5.73 Å². The van der Waals surface area contributed by atoms with Gasteiger partial charge in [-0.2, -0.15) is 0 Å². The zero-order chi connectivity index (χ0) is 16.7. The van der Waals surface area contributed by atoms with Gasteiger partial charge in [-0.1, -0.05) is 42.5 Å². The molecular weight excluding hydrogens is 318 g/mol. The lowest BCUT2D eigenvalue weighted by atomic mass is 10.0. The fourth-order valence-corrected chi connectivity index (χ4v) is 3.44. The first-order chi connectivity index (χ1) is 11.6. The van der Waals surface area contributed by atoms with Gasteiger partial charge in [0, 0.05) is 52.8 Å². The quantitative estimate of drug-likeness (QED) is 0.708. The summed E-state index contributed by atoms with van der Waals surface area (Å²) in [4.78, 5) is 18.5. The Kier molecular flexibility index (Phi) is 3.58. The molecule has 0 aliphatic carbocycles. The van der Waals surface area contributed by atoms with Gasteiger partial charge in [0.2, 0.25) is 0 Å². The van der Waals surface area contributed by atoms with Gasteiger partial charge in [0.25, 0.3) is 5.91 Å². The standard InChI is InChI=1S/C19H17N3OS/c20-18(24)12-5-7-13(8-6-12)19(23)22-10-9-17-15(11-22)14-3-1-2-4-16(14)21-17/h1-8,21H,9-11H2,(H2,20,24). The van der Waals surface area contributed by atoms with Crippen LogP contribution in [0, 0.1) is 0 Å². The highest BCUT2D eigenvalue weighted by molar-refractivity contribution is 7.80. The summed E-state index contributed by atoms with van der Waals surface area (Å²) in [5, 5.41) is 1.20. The Hall–Kier alpha value is -2.66. The smallest absolute Gasteiger partial charge is 0.254 e. The van der Waals surface area contributed by atoms with Gasteiger partial charge in [-0.25, -0.2) is 0 Å². The number of nitrogens with two attached hydrogens (primary N) is 1. The Balaban J connectivity index is 1.61. The fraction of sp³-hybridized carbons (Fsp3) is 0.158. The van der Waals surface area contributed by atoms with Crippen molar-refractivity contribution in [3.63, 3.8) is 0 Å².